The van der Waals surface area contributed by atoms with E-state index in [1.165, 1.54) is 0 Å². The number of benzene rings is 1. The van der Waals surface area contributed by atoms with E-state index in [-0.39, 0.29) is 0 Å². The van der Waals surface area contributed by atoms with Gasteiger partial charge in [0.2, 0.25) is 0 Å². The fourth-order valence-electron chi connectivity index (χ4n) is 4.70. The smallest absolute Gasteiger partial charge is 0.317 e. The zero-order valence-corrected chi connectivity index (χ0v) is 15.9. The molecule has 2 N–H and O–H groups in total. The van der Waals surface area contributed by atoms with Gasteiger partial charge in [0.15, 0.2) is 0 Å². The lowest BCUT2D eigenvalue weighted by Gasteiger charge is -2.54. The van der Waals surface area contributed by atoms with Crippen LogP contribution in [0.1, 0.15) is 65.4 Å². The SMILES string of the molecule is CCC1CCC(O)(C(C(=O)O)(c2cccc(Cl)c2)C(C)(C)C)CC1. The third-order valence-corrected chi connectivity index (χ3v) is 6.15. The van der Waals surface area contributed by atoms with Gasteiger partial charge in [0, 0.05) is 5.02 Å². The minimum atomic E-state index is -1.40. The van der Waals surface area contributed by atoms with E-state index in [9.17, 15) is 15.0 Å². The first-order chi connectivity index (χ1) is 11.1. The van der Waals surface area contributed by atoms with Gasteiger partial charge in [-0.2, -0.15) is 0 Å². The van der Waals surface area contributed by atoms with Crippen LogP contribution in [0.15, 0.2) is 24.3 Å². The number of hydrogen-bond donors (Lipinski definition) is 2. The Bertz CT molecular complexity index is 597. The predicted molar refractivity (Wildman–Crippen MR) is 97.4 cm³/mol. The van der Waals surface area contributed by atoms with Gasteiger partial charge in [-0.3, -0.25) is 4.79 Å². The molecule has 0 spiro atoms. The molecule has 1 fully saturated rings. The Morgan fingerprint density at radius 1 is 1.29 bits per heavy atom. The quantitative estimate of drug-likeness (QED) is 0.798. The molecular weight excluding hydrogens is 324 g/mol. The first kappa shape index (κ1) is 19.3. The Morgan fingerprint density at radius 3 is 2.29 bits per heavy atom. The van der Waals surface area contributed by atoms with Crippen LogP contribution >= 0.6 is 11.6 Å². The van der Waals surface area contributed by atoms with E-state index in [2.05, 4.69) is 6.92 Å². The molecule has 3 nitrogen and oxygen atoms in total. The van der Waals surface area contributed by atoms with Gasteiger partial charge >= 0.3 is 5.97 Å². The Morgan fingerprint density at radius 2 is 1.88 bits per heavy atom. The largest absolute Gasteiger partial charge is 0.480 e. The van der Waals surface area contributed by atoms with Gasteiger partial charge in [-0.15, -0.1) is 0 Å². The van der Waals surface area contributed by atoms with Crippen LogP contribution in [0, 0.1) is 11.3 Å². The van der Waals surface area contributed by atoms with E-state index in [1.54, 1.807) is 24.3 Å². The van der Waals surface area contributed by atoms with Crippen LogP contribution in [0.2, 0.25) is 5.02 Å². The zero-order chi connectivity index (χ0) is 18.2. The third kappa shape index (κ3) is 2.97. The highest BCUT2D eigenvalue weighted by Gasteiger charge is 2.63. The van der Waals surface area contributed by atoms with Gasteiger partial charge in [-0.1, -0.05) is 57.8 Å². The number of carbonyl (C=O) groups is 1. The summed E-state index contributed by atoms with van der Waals surface area (Å²) >= 11 is 6.16. The van der Waals surface area contributed by atoms with E-state index >= 15 is 0 Å². The van der Waals surface area contributed by atoms with Crippen molar-refractivity contribution in [2.45, 2.75) is 70.8 Å². The molecule has 0 radical (unpaired) electrons. The Balaban J connectivity index is 2.65. The molecule has 1 aliphatic rings. The number of rotatable bonds is 4. The first-order valence-electron chi connectivity index (χ1n) is 8.80. The van der Waals surface area contributed by atoms with E-state index in [0.29, 0.717) is 29.3 Å². The number of halogens is 1. The van der Waals surface area contributed by atoms with Crippen LogP contribution in [0.25, 0.3) is 0 Å². The summed E-state index contributed by atoms with van der Waals surface area (Å²) in [6, 6.07) is 6.99. The number of carboxylic acids is 1. The van der Waals surface area contributed by atoms with Crippen molar-refractivity contribution in [3.05, 3.63) is 34.9 Å². The molecule has 1 aliphatic carbocycles. The summed E-state index contributed by atoms with van der Waals surface area (Å²) in [6.07, 6.45) is 3.80. The fraction of sp³-hybridized carbons (Fsp3) is 0.650. The average molecular weight is 353 g/mol. The molecule has 1 atom stereocenters. The molecule has 2 rings (SSSR count). The van der Waals surface area contributed by atoms with Crippen molar-refractivity contribution >= 4 is 17.6 Å². The summed E-state index contributed by atoms with van der Waals surface area (Å²) in [7, 11) is 0. The van der Waals surface area contributed by atoms with Crippen molar-refractivity contribution in [3.63, 3.8) is 0 Å². The van der Waals surface area contributed by atoms with Crippen LogP contribution in [0.3, 0.4) is 0 Å². The molecule has 0 heterocycles. The molecule has 0 bridgehead atoms. The summed E-state index contributed by atoms with van der Waals surface area (Å²) < 4.78 is 0. The lowest BCUT2D eigenvalue weighted by atomic mass is 9.50. The lowest BCUT2D eigenvalue weighted by Crippen LogP contribution is -2.64. The first-order valence-corrected chi connectivity index (χ1v) is 9.18. The standard InChI is InChI=1S/C20H29ClO3/c1-5-14-9-11-19(24,12-10-14)20(17(22)23,18(2,3)4)15-7-6-8-16(21)13-15/h6-8,13-14,24H,5,9-12H2,1-4H3,(H,22,23). The molecule has 4 heteroatoms. The van der Waals surface area contributed by atoms with Gasteiger partial charge in [0.05, 0.1) is 5.60 Å². The Labute approximate surface area is 150 Å². The van der Waals surface area contributed by atoms with Crippen LogP contribution in [0.4, 0.5) is 0 Å². The van der Waals surface area contributed by atoms with Crippen molar-refractivity contribution in [2.75, 3.05) is 0 Å². The minimum Gasteiger partial charge on any atom is -0.480 e. The van der Waals surface area contributed by atoms with E-state index in [4.69, 9.17) is 11.6 Å². The van der Waals surface area contributed by atoms with Gasteiger partial charge in [-0.05, 0) is 54.7 Å². The van der Waals surface area contributed by atoms with Crippen LogP contribution < -0.4 is 0 Å². The molecule has 24 heavy (non-hydrogen) atoms. The second-order valence-corrected chi connectivity index (χ2v) is 8.64. The van der Waals surface area contributed by atoms with Crippen LogP contribution in [0.5, 0.6) is 0 Å². The van der Waals surface area contributed by atoms with E-state index < -0.39 is 22.4 Å². The maximum atomic E-state index is 12.6. The highest BCUT2D eigenvalue weighted by Crippen LogP contribution is 2.55. The van der Waals surface area contributed by atoms with Gasteiger partial charge in [0.1, 0.15) is 5.41 Å². The summed E-state index contributed by atoms with van der Waals surface area (Å²) in [5, 5.41) is 22.5. The zero-order valence-electron chi connectivity index (χ0n) is 15.1. The second-order valence-electron chi connectivity index (χ2n) is 8.20. The third-order valence-electron chi connectivity index (χ3n) is 5.91. The maximum Gasteiger partial charge on any atom is 0.317 e. The highest BCUT2D eigenvalue weighted by atomic mass is 35.5. The molecule has 1 aromatic rings. The number of aliphatic carboxylic acids is 1. The molecule has 1 unspecified atom stereocenters. The van der Waals surface area contributed by atoms with Crippen molar-refractivity contribution in [2.24, 2.45) is 11.3 Å². The fourth-order valence-corrected chi connectivity index (χ4v) is 4.89. The molecular formula is C20H29ClO3. The Kier molecular flexibility index (Phi) is 5.37. The van der Waals surface area contributed by atoms with Gasteiger partial charge in [-0.25, -0.2) is 0 Å². The van der Waals surface area contributed by atoms with E-state index in [0.717, 1.165) is 19.3 Å². The molecule has 0 aromatic heterocycles. The van der Waals surface area contributed by atoms with Gasteiger partial charge < -0.3 is 10.2 Å². The van der Waals surface area contributed by atoms with E-state index in [1.807, 2.05) is 20.8 Å². The minimum absolute atomic E-state index is 0.494. The molecule has 134 valence electrons. The van der Waals surface area contributed by atoms with Crippen molar-refractivity contribution in [3.8, 4) is 0 Å². The summed E-state index contributed by atoms with van der Waals surface area (Å²) in [4.78, 5) is 12.6. The average Bonchev–Trinajstić information content (AvgIpc) is 2.46. The molecule has 1 saturated carbocycles. The molecule has 1 aromatic carbocycles. The second kappa shape index (κ2) is 6.68. The molecule has 0 aliphatic heterocycles. The van der Waals surface area contributed by atoms with Crippen LogP contribution in [-0.4, -0.2) is 21.8 Å². The van der Waals surface area contributed by atoms with Crippen molar-refractivity contribution < 1.29 is 15.0 Å². The number of aliphatic hydroxyl groups is 1. The number of carboxylic acid groups (broad SMARTS) is 1. The molecule has 0 saturated heterocycles. The van der Waals surface area contributed by atoms with Crippen molar-refractivity contribution in [1.29, 1.82) is 0 Å². The monoisotopic (exact) mass is 352 g/mol. The normalized spacial score (nSPS) is 27.5. The summed E-state index contributed by atoms with van der Waals surface area (Å²) in [5.41, 5.74) is -2.76. The molecule has 0 amide bonds. The predicted octanol–water partition coefficient (Wildman–Crippen LogP) is 5.04. The topological polar surface area (TPSA) is 57.5 Å². The lowest BCUT2D eigenvalue weighted by molar-refractivity contribution is -0.175. The Hall–Kier alpha value is -1.06. The number of hydrogen-bond acceptors (Lipinski definition) is 2. The van der Waals surface area contributed by atoms with Crippen molar-refractivity contribution in [1.82, 2.24) is 0 Å². The van der Waals surface area contributed by atoms with Crippen LogP contribution in [-0.2, 0) is 10.2 Å². The highest BCUT2D eigenvalue weighted by molar-refractivity contribution is 6.30. The van der Waals surface area contributed by atoms with Gasteiger partial charge in [0.25, 0.3) is 0 Å². The summed E-state index contributed by atoms with van der Waals surface area (Å²) in [5.74, 6) is -0.411. The summed E-state index contributed by atoms with van der Waals surface area (Å²) in [6.45, 7) is 7.84. The maximum absolute atomic E-state index is 12.6.